The second kappa shape index (κ2) is 6.88. The number of nitro benzene ring substituents is 1. The van der Waals surface area contributed by atoms with Crippen molar-refractivity contribution < 1.29 is 14.7 Å². The lowest BCUT2D eigenvalue weighted by Gasteiger charge is -2.39. The van der Waals surface area contributed by atoms with E-state index in [1.807, 2.05) is 27.7 Å². The van der Waals surface area contributed by atoms with Crippen LogP contribution in [0, 0.1) is 22.5 Å². The molecule has 9 heteroatoms. The summed E-state index contributed by atoms with van der Waals surface area (Å²) in [5.41, 5.74) is 7.03. The third kappa shape index (κ3) is 3.41. The van der Waals surface area contributed by atoms with Crippen LogP contribution >= 0.6 is 0 Å². The molecule has 1 fully saturated rings. The summed E-state index contributed by atoms with van der Waals surface area (Å²) in [5, 5.41) is 21.6. The Balaban J connectivity index is 2.50. The van der Waals surface area contributed by atoms with E-state index in [4.69, 9.17) is 5.73 Å². The molecule has 8 nitrogen and oxygen atoms in total. The first kappa shape index (κ1) is 20.2. The maximum Gasteiger partial charge on any atom is 0.378 e. The number of aryl methyl sites for hydroxylation is 1. The zero-order valence-electron chi connectivity index (χ0n) is 16.2. The van der Waals surface area contributed by atoms with Crippen molar-refractivity contribution >= 4 is 24.3 Å². The van der Waals surface area contributed by atoms with E-state index in [1.54, 1.807) is 29.6 Å². The first-order valence-corrected chi connectivity index (χ1v) is 8.62. The van der Waals surface area contributed by atoms with Crippen molar-refractivity contribution in [2.45, 2.75) is 53.1 Å². The second-order valence-corrected chi connectivity index (χ2v) is 8.04. The van der Waals surface area contributed by atoms with E-state index in [0.717, 1.165) is 5.56 Å². The van der Waals surface area contributed by atoms with Crippen LogP contribution in [0.25, 0.3) is 0 Å². The first-order chi connectivity index (χ1) is 11.9. The minimum atomic E-state index is -0.849. The number of benzene rings is 1. The minimum absolute atomic E-state index is 0.0789. The van der Waals surface area contributed by atoms with Crippen LogP contribution in [0.3, 0.4) is 0 Å². The van der Waals surface area contributed by atoms with E-state index in [0.29, 0.717) is 5.56 Å². The summed E-state index contributed by atoms with van der Waals surface area (Å²) in [7, 11) is 0.871. The normalized spacial score (nSPS) is 21.3. The molecule has 26 heavy (non-hydrogen) atoms. The van der Waals surface area contributed by atoms with Crippen LogP contribution in [0.4, 0.5) is 11.4 Å². The van der Waals surface area contributed by atoms with Crippen molar-refractivity contribution in [3.63, 3.8) is 0 Å². The predicted octanol–water partition coefficient (Wildman–Crippen LogP) is 1.65. The highest BCUT2D eigenvalue weighted by molar-refractivity contribution is 6.46. The SMILES string of the molecule is CB(O)N1C(Cc2c(C)ccc([N+](=O)[O-])c2N)C(=O)N(C)[C@@H]1C(C)(C)C. The molecule has 1 aliphatic heterocycles. The third-order valence-electron chi connectivity index (χ3n) is 5.01. The van der Waals surface area contributed by atoms with E-state index in [2.05, 4.69) is 0 Å². The fourth-order valence-corrected chi connectivity index (χ4v) is 3.92. The summed E-state index contributed by atoms with van der Waals surface area (Å²) in [5.74, 6) is -0.129. The molecule has 0 radical (unpaired) electrons. The summed E-state index contributed by atoms with van der Waals surface area (Å²) in [4.78, 5) is 27.0. The number of hydrogen-bond acceptors (Lipinski definition) is 6. The molecule has 0 spiro atoms. The smallest absolute Gasteiger partial charge is 0.378 e. The van der Waals surface area contributed by atoms with E-state index >= 15 is 0 Å². The molecular formula is C17H27BN4O4. The maximum atomic E-state index is 12.9. The molecule has 2 atom stereocenters. The molecule has 1 aliphatic rings. The third-order valence-corrected chi connectivity index (χ3v) is 5.01. The molecule has 0 bridgehead atoms. The Kier molecular flexibility index (Phi) is 5.35. The van der Waals surface area contributed by atoms with Crippen molar-refractivity contribution in [3.8, 4) is 0 Å². The summed E-state index contributed by atoms with van der Waals surface area (Å²) in [6.07, 6.45) is -0.0831. The topological polar surface area (TPSA) is 113 Å². The van der Waals surface area contributed by atoms with E-state index in [9.17, 15) is 19.9 Å². The lowest BCUT2D eigenvalue weighted by molar-refractivity contribution is -0.384. The van der Waals surface area contributed by atoms with Gasteiger partial charge in [0.1, 0.15) is 5.69 Å². The van der Waals surface area contributed by atoms with Gasteiger partial charge in [0, 0.05) is 13.1 Å². The molecule has 0 saturated carbocycles. The molecule has 1 heterocycles. The number of nitrogens with two attached hydrogens (primary N) is 1. The highest BCUT2D eigenvalue weighted by Gasteiger charge is 2.51. The van der Waals surface area contributed by atoms with Crippen LogP contribution in [0.5, 0.6) is 0 Å². The van der Waals surface area contributed by atoms with Crippen molar-refractivity contribution in [1.29, 1.82) is 0 Å². The summed E-state index contributed by atoms with van der Waals surface area (Å²) >= 11 is 0. The van der Waals surface area contributed by atoms with E-state index in [1.165, 1.54) is 6.07 Å². The first-order valence-electron chi connectivity index (χ1n) is 8.62. The van der Waals surface area contributed by atoms with Crippen molar-refractivity contribution in [2.75, 3.05) is 12.8 Å². The van der Waals surface area contributed by atoms with Gasteiger partial charge in [-0.2, -0.15) is 0 Å². The highest BCUT2D eigenvalue weighted by Crippen LogP contribution is 2.37. The van der Waals surface area contributed by atoms with Gasteiger partial charge in [-0.05, 0) is 36.7 Å². The van der Waals surface area contributed by atoms with E-state index < -0.39 is 18.0 Å². The number of nitrogen functional groups attached to an aromatic ring is 1. The summed E-state index contributed by atoms with van der Waals surface area (Å²) in [6.45, 7) is 9.46. The minimum Gasteiger partial charge on any atom is -0.437 e. The average molecular weight is 362 g/mol. The molecule has 1 amide bonds. The van der Waals surface area contributed by atoms with Gasteiger partial charge in [0.05, 0.1) is 17.1 Å². The Morgan fingerprint density at radius 2 is 1.96 bits per heavy atom. The Morgan fingerprint density at radius 1 is 1.38 bits per heavy atom. The number of carbonyl (C=O) groups is 1. The van der Waals surface area contributed by atoms with Crippen LogP contribution < -0.4 is 5.73 Å². The molecule has 1 aromatic rings. The molecular weight excluding hydrogens is 335 g/mol. The molecule has 1 unspecified atom stereocenters. The van der Waals surface area contributed by atoms with Gasteiger partial charge >= 0.3 is 7.05 Å². The van der Waals surface area contributed by atoms with Gasteiger partial charge in [0.15, 0.2) is 0 Å². The van der Waals surface area contributed by atoms with Crippen LogP contribution in [0.15, 0.2) is 12.1 Å². The summed E-state index contributed by atoms with van der Waals surface area (Å²) in [6, 6.07) is 2.38. The van der Waals surface area contributed by atoms with Gasteiger partial charge in [0.25, 0.3) is 5.69 Å². The van der Waals surface area contributed by atoms with E-state index in [-0.39, 0.29) is 35.3 Å². The van der Waals surface area contributed by atoms with Gasteiger partial charge in [0.2, 0.25) is 5.91 Å². The van der Waals surface area contributed by atoms with Crippen LogP contribution in [0.2, 0.25) is 6.82 Å². The molecule has 1 aromatic carbocycles. The largest absolute Gasteiger partial charge is 0.437 e. The Hall–Kier alpha value is -2.13. The van der Waals surface area contributed by atoms with Crippen molar-refractivity contribution in [2.24, 2.45) is 5.41 Å². The number of likely N-dealkylation sites (N-methyl/N-ethyl adjacent to an activating group) is 1. The highest BCUT2D eigenvalue weighted by atomic mass is 16.6. The average Bonchev–Trinajstić information content (AvgIpc) is 2.75. The molecule has 1 saturated heterocycles. The number of hydrogen-bond donors (Lipinski definition) is 2. The number of nitro groups is 1. The number of carbonyl (C=O) groups excluding carboxylic acids is 1. The Morgan fingerprint density at radius 3 is 2.42 bits per heavy atom. The summed E-state index contributed by atoms with van der Waals surface area (Å²) < 4.78 is 0. The van der Waals surface area contributed by atoms with Gasteiger partial charge in [-0.25, -0.2) is 0 Å². The fourth-order valence-electron chi connectivity index (χ4n) is 3.92. The quantitative estimate of drug-likeness (QED) is 0.364. The molecule has 0 aliphatic carbocycles. The number of anilines is 1. The maximum absolute atomic E-state index is 12.9. The molecule has 3 N–H and O–H groups in total. The Labute approximate surface area is 154 Å². The van der Waals surface area contributed by atoms with Gasteiger partial charge in [-0.1, -0.05) is 26.8 Å². The molecule has 142 valence electrons. The number of amides is 1. The van der Waals surface area contributed by atoms with Gasteiger partial charge in [-0.3, -0.25) is 19.7 Å². The van der Waals surface area contributed by atoms with Crippen LogP contribution in [-0.4, -0.2) is 51.9 Å². The predicted molar refractivity (Wildman–Crippen MR) is 101 cm³/mol. The second-order valence-electron chi connectivity index (χ2n) is 8.04. The fraction of sp³-hybridized carbons (Fsp3) is 0.588. The molecule has 2 rings (SSSR count). The van der Waals surface area contributed by atoms with Crippen molar-refractivity contribution in [3.05, 3.63) is 33.4 Å². The number of nitrogens with zero attached hydrogens (tertiary/aromatic N) is 3. The zero-order valence-corrected chi connectivity index (χ0v) is 16.2. The standard InChI is InChI=1S/C17H27BN4O4/c1-10-7-8-12(22(25)26)14(19)11(10)9-13-15(23)20(6)16(17(2,3)4)21(13)18(5)24/h7-8,13,16,24H,9,19H2,1-6H3/t13?,16-/m0/s1. The number of rotatable bonds is 4. The monoisotopic (exact) mass is 362 g/mol. The van der Waals surface area contributed by atoms with Crippen LogP contribution in [0.1, 0.15) is 31.9 Å². The van der Waals surface area contributed by atoms with Crippen molar-refractivity contribution in [1.82, 2.24) is 9.71 Å². The van der Waals surface area contributed by atoms with Gasteiger partial charge in [-0.15, -0.1) is 0 Å². The zero-order chi connectivity index (χ0) is 20.0. The van der Waals surface area contributed by atoms with Gasteiger partial charge < -0.3 is 15.7 Å². The Bertz CT molecular complexity index is 732. The van der Waals surface area contributed by atoms with Crippen LogP contribution in [-0.2, 0) is 11.2 Å². The lowest BCUT2D eigenvalue weighted by atomic mass is 9.78. The molecule has 0 aromatic heterocycles. The lowest BCUT2D eigenvalue weighted by Crippen LogP contribution is -2.54.